The Hall–Kier alpha value is -1.18. The maximum absolute atomic E-state index is 14.4. The molecule has 0 bridgehead atoms. The number of rotatable bonds is 3. The van der Waals surface area contributed by atoms with E-state index in [2.05, 4.69) is 10.6 Å². The quantitative estimate of drug-likeness (QED) is 0.869. The monoisotopic (exact) mass is 350 g/mol. The van der Waals surface area contributed by atoms with E-state index in [-0.39, 0.29) is 18.1 Å². The summed E-state index contributed by atoms with van der Waals surface area (Å²) in [7, 11) is -3.60. The number of fused-ring (bicyclic) bond motifs is 1. The van der Waals surface area contributed by atoms with Gasteiger partial charge in [-0.25, -0.2) is 12.8 Å². The standard InChI is InChI=1S/C14H19FN2O3S.ClH/c1-14(2,21(3,19)20)13(18)17-11-5-4-9-8-16-7-6-10(9)12(11)15;/h4-5,16H,6-8H2,1-3H3,(H,17,18);1H. The van der Waals surface area contributed by atoms with Crippen LogP contribution in [0.1, 0.15) is 25.0 Å². The van der Waals surface area contributed by atoms with Gasteiger partial charge in [0.1, 0.15) is 10.6 Å². The van der Waals surface area contributed by atoms with Gasteiger partial charge in [-0.1, -0.05) is 6.07 Å². The Morgan fingerprint density at radius 2 is 2.00 bits per heavy atom. The molecule has 1 aliphatic heterocycles. The molecule has 0 aromatic heterocycles. The Kier molecular flexibility index (Phi) is 5.59. The van der Waals surface area contributed by atoms with E-state index in [0.29, 0.717) is 25.1 Å². The third-order valence-corrected chi connectivity index (χ3v) is 5.97. The number of hydrogen-bond donors (Lipinski definition) is 2. The van der Waals surface area contributed by atoms with Crippen LogP contribution in [0.3, 0.4) is 0 Å². The van der Waals surface area contributed by atoms with Gasteiger partial charge in [-0.15, -0.1) is 12.4 Å². The Labute approximate surface area is 136 Å². The molecule has 0 spiro atoms. The summed E-state index contributed by atoms with van der Waals surface area (Å²) in [6.45, 7) is 3.88. The maximum atomic E-state index is 14.4. The minimum atomic E-state index is -3.60. The number of anilines is 1. The Bertz CT molecular complexity index is 690. The Morgan fingerprint density at radius 3 is 2.59 bits per heavy atom. The lowest BCUT2D eigenvalue weighted by Gasteiger charge is -2.23. The highest BCUT2D eigenvalue weighted by atomic mass is 35.5. The van der Waals surface area contributed by atoms with Gasteiger partial charge in [0.2, 0.25) is 5.91 Å². The van der Waals surface area contributed by atoms with Gasteiger partial charge in [-0.05, 0) is 44.0 Å². The predicted octanol–water partition coefficient (Wildman–Crippen LogP) is 1.65. The average Bonchev–Trinajstić information content (AvgIpc) is 2.40. The van der Waals surface area contributed by atoms with Crippen molar-refractivity contribution >= 4 is 33.8 Å². The fourth-order valence-electron chi connectivity index (χ4n) is 2.07. The van der Waals surface area contributed by atoms with Crippen molar-refractivity contribution in [2.45, 2.75) is 31.6 Å². The molecule has 1 aliphatic rings. The third kappa shape index (κ3) is 3.42. The molecule has 0 unspecified atom stereocenters. The molecule has 22 heavy (non-hydrogen) atoms. The molecule has 0 fully saturated rings. The van der Waals surface area contributed by atoms with Crippen LogP contribution in [0.25, 0.3) is 0 Å². The molecule has 0 atom stereocenters. The van der Waals surface area contributed by atoms with Gasteiger partial charge in [0.25, 0.3) is 0 Å². The Morgan fingerprint density at radius 1 is 1.36 bits per heavy atom. The minimum Gasteiger partial charge on any atom is -0.322 e. The van der Waals surface area contributed by atoms with Crippen LogP contribution in [-0.4, -0.2) is 31.9 Å². The summed E-state index contributed by atoms with van der Waals surface area (Å²) in [6.07, 6.45) is 1.53. The summed E-state index contributed by atoms with van der Waals surface area (Å²) < 4.78 is 36.1. The second kappa shape index (κ2) is 6.52. The molecule has 2 N–H and O–H groups in total. The number of benzene rings is 1. The van der Waals surface area contributed by atoms with Crippen LogP contribution < -0.4 is 10.6 Å². The van der Waals surface area contributed by atoms with Crippen molar-refractivity contribution in [3.05, 3.63) is 29.1 Å². The zero-order valence-corrected chi connectivity index (χ0v) is 14.3. The number of carbonyl (C=O) groups excluding carboxylic acids is 1. The summed E-state index contributed by atoms with van der Waals surface area (Å²) in [5, 5.41) is 5.53. The van der Waals surface area contributed by atoms with Crippen molar-refractivity contribution in [2.24, 2.45) is 0 Å². The molecule has 124 valence electrons. The van der Waals surface area contributed by atoms with E-state index in [4.69, 9.17) is 0 Å². The number of sulfone groups is 1. The SMILES string of the molecule is CC(C)(C(=O)Nc1ccc2c(c1F)CCNC2)S(C)(=O)=O.Cl. The van der Waals surface area contributed by atoms with Crippen molar-refractivity contribution in [1.29, 1.82) is 0 Å². The van der Waals surface area contributed by atoms with Gasteiger partial charge in [-0.3, -0.25) is 4.79 Å². The molecule has 1 aromatic carbocycles. The van der Waals surface area contributed by atoms with Crippen LogP contribution in [0.15, 0.2) is 12.1 Å². The largest absolute Gasteiger partial charge is 0.322 e. The van der Waals surface area contributed by atoms with E-state index in [1.54, 1.807) is 6.07 Å². The first-order valence-corrected chi connectivity index (χ1v) is 8.56. The Balaban J connectivity index is 0.00000242. The van der Waals surface area contributed by atoms with E-state index >= 15 is 0 Å². The zero-order valence-electron chi connectivity index (χ0n) is 12.7. The van der Waals surface area contributed by atoms with Gasteiger partial charge in [0, 0.05) is 12.8 Å². The van der Waals surface area contributed by atoms with E-state index in [1.165, 1.54) is 19.9 Å². The highest BCUT2D eigenvalue weighted by Crippen LogP contribution is 2.26. The molecule has 8 heteroatoms. The lowest BCUT2D eigenvalue weighted by Crippen LogP contribution is -2.44. The van der Waals surface area contributed by atoms with Crippen molar-refractivity contribution in [2.75, 3.05) is 18.1 Å². The molecule has 1 amide bonds. The number of amides is 1. The van der Waals surface area contributed by atoms with Gasteiger partial charge in [0.05, 0.1) is 5.69 Å². The molecule has 5 nitrogen and oxygen atoms in total. The van der Waals surface area contributed by atoms with Crippen molar-refractivity contribution in [3.63, 3.8) is 0 Å². The number of carbonyl (C=O) groups is 1. The molecule has 0 saturated heterocycles. The lowest BCUT2D eigenvalue weighted by molar-refractivity contribution is -0.117. The first kappa shape index (κ1) is 18.9. The van der Waals surface area contributed by atoms with Crippen LogP contribution in [0.2, 0.25) is 0 Å². The number of halogens is 2. The van der Waals surface area contributed by atoms with Crippen molar-refractivity contribution < 1.29 is 17.6 Å². The van der Waals surface area contributed by atoms with Crippen LogP contribution in [0.5, 0.6) is 0 Å². The summed E-state index contributed by atoms with van der Waals surface area (Å²) in [5.41, 5.74) is 1.46. The molecule has 0 aliphatic carbocycles. The molecule has 1 aromatic rings. The average molecular weight is 351 g/mol. The van der Waals surface area contributed by atoms with Crippen molar-refractivity contribution in [3.8, 4) is 0 Å². The fraction of sp³-hybridized carbons (Fsp3) is 0.500. The van der Waals surface area contributed by atoms with E-state index in [0.717, 1.165) is 11.8 Å². The second-order valence-corrected chi connectivity index (χ2v) is 8.29. The summed E-state index contributed by atoms with van der Waals surface area (Å²) in [5.74, 6) is -1.22. The third-order valence-electron chi connectivity index (χ3n) is 3.93. The van der Waals surface area contributed by atoms with Gasteiger partial charge >= 0.3 is 0 Å². The molecule has 2 rings (SSSR count). The highest BCUT2D eigenvalue weighted by Gasteiger charge is 2.38. The molecular weight excluding hydrogens is 331 g/mol. The van der Waals surface area contributed by atoms with Crippen LogP contribution >= 0.6 is 12.4 Å². The van der Waals surface area contributed by atoms with E-state index in [9.17, 15) is 17.6 Å². The summed E-state index contributed by atoms with van der Waals surface area (Å²) >= 11 is 0. The van der Waals surface area contributed by atoms with E-state index in [1.807, 2.05) is 0 Å². The molecular formula is C14H20ClFN2O3S. The van der Waals surface area contributed by atoms with Crippen LogP contribution in [-0.2, 0) is 27.6 Å². The second-order valence-electron chi connectivity index (χ2n) is 5.73. The maximum Gasteiger partial charge on any atom is 0.245 e. The fourth-order valence-corrected chi connectivity index (χ4v) is 2.46. The minimum absolute atomic E-state index is 0. The number of hydrogen-bond acceptors (Lipinski definition) is 4. The van der Waals surface area contributed by atoms with Gasteiger partial charge in [-0.2, -0.15) is 0 Å². The zero-order chi connectivity index (χ0) is 15.8. The smallest absolute Gasteiger partial charge is 0.245 e. The van der Waals surface area contributed by atoms with E-state index < -0.39 is 26.3 Å². The topological polar surface area (TPSA) is 75.3 Å². The lowest BCUT2D eigenvalue weighted by atomic mass is 9.99. The number of nitrogens with one attached hydrogen (secondary N) is 2. The summed E-state index contributed by atoms with van der Waals surface area (Å²) in [6, 6.07) is 3.21. The predicted molar refractivity (Wildman–Crippen MR) is 86.6 cm³/mol. The first-order valence-electron chi connectivity index (χ1n) is 6.66. The van der Waals surface area contributed by atoms with Crippen LogP contribution in [0, 0.1) is 5.82 Å². The van der Waals surface area contributed by atoms with Crippen molar-refractivity contribution in [1.82, 2.24) is 5.32 Å². The van der Waals surface area contributed by atoms with Crippen LogP contribution in [0.4, 0.5) is 10.1 Å². The highest BCUT2D eigenvalue weighted by molar-refractivity contribution is 7.92. The molecule has 0 radical (unpaired) electrons. The normalized spacial score (nSPS) is 14.7. The van der Waals surface area contributed by atoms with Gasteiger partial charge in [0.15, 0.2) is 9.84 Å². The van der Waals surface area contributed by atoms with Gasteiger partial charge < -0.3 is 10.6 Å². The summed E-state index contributed by atoms with van der Waals surface area (Å²) in [4.78, 5) is 12.1. The molecule has 0 saturated carbocycles. The molecule has 1 heterocycles. The first-order chi connectivity index (χ1) is 9.64.